The number of para-hydroxylation sites is 1. The molecule has 10 heteroatoms. The molecule has 4 rings (SSSR count). The molecule has 0 saturated carbocycles. The number of carbonyl (C=O) groups excluding carboxylic acids is 3. The van der Waals surface area contributed by atoms with Gasteiger partial charge in [-0.25, -0.2) is 4.79 Å². The number of carboxylic acids is 1. The Labute approximate surface area is 196 Å². The number of furan rings is 1. The zero-order valence-electron chi connectivity index (χ0n) is 16.8. The van der Waals surface area contributed by atoms with Gasteiger partial charge in [-0.05, 0) is 54.2 Å². The first-order valence-electron chi connectivity index (χ1n) is 9.55. The summed E-state index contributed by atoms with van der Waals surface area (Å²) in [7, 11) is 0. The average Bonchev–Trinajstić information content (AvgIpc) is 3.35. The minimum absolute atomic E-state index is 0.0676. The molecule has 1 aliphatic rings. The maximum absolute atomic E-state index is 12.7. The van der Waals surface area contributed by atoms with E-state index in [0.717, 1.165) is 4.90 Å². The summed E-state index contributed by atoms with van der Waals surface area (Å²) in [6.45, 7) is -0.414. The highest BCUT2D eigenvalue weighted by Gasteiger charge is 2.36. The second-order valence-electron chi connectivity index (χ2n) is 6.88. The van der Waals surface area contributed by atoms with E-state index in [1.807, 2.05) is 0 Å². The summed E-state index contributed by atoms with van der Waals surface area (Å²) in [5.74, 6) is -1.62. The summed E-state index contributed by atoms with van der Waals surface area (Å²) in [5.41, 5.74) is 0.977. The van der Waals surface area contributed by atoms with Crippen LogP contribution in [0.15, 0.2) is 70.0 Å². The van der Waals surface area contributed by atoms with Crippen molar-refractivity contribution in [2.75, 3.05) is 11.9 Å². The predicted octanol–water partition coefficient (Wildman–Crippen LogP) is 4.97. The molecule has 3 amide bonds. The van der Waals surface area contributed by atoms with E-state index in [1.165, 1.54) is 18.2 Å². The number of carbonyl (C=O) groups is 4. The van der Waals surface area contributed by atoms with E-state index < -0.39 is 29.6 Å². The van der Waals surface area contributed by atoms with Crippen LogP contribution in [0.25, 0.3) is 17.4 Å². The first kappa shape index (κ1) is 22.4. The van der Waals surface area contributed by atoms with Gasteiger partial charge >= 0.3 is 5.97 Å². The van der Waals surface area contributed by atoms with Gasteiger partial charge in [0.05, 0.1) is 15.5 Å². The van der Waals surface area contributed by atoms with E-state index in [2.05, 4.69) is 5.32 Å². The molecular weight excluding hydrogens is 468 g/mol. The van der Waals surface area contributed by atoms with Crippen LogP contribution in [0.3, 0.4) is 0 Å². The number of hydrogen-bond acceptors (Lipinski definition) is 6. The first-order chi connectivity index (χ1) is 15.8. The van der Waals surface area contributed by atoms with Gasteiger partial charge in [0, 0.05) is 17.3 Å². The molecule has 0 aliphatic carbocycles. The van der Waals surface area contributed by atoms with Crippen LogP contribution in [0.2, 0.25) is 5.02 Å². The Morgan fingerprint density at radius 2 is 1.85 bits per heavy atom. The zero-order chi connectivity index (χ0) is 23.5. The maximum atomic E-state index is 12.7. The zero-order valence-corrected chi connectivity index (χ0v) is 18.4. The van der Waals surface area contributed by atoms with Crippen LogP contribution in [0.4, 0.5) is 10.5 Å². The Balaban J connectivity index is 1.48. The molecule has 0 bridgehead atoms. The quantitative estimate of drug-likeness (QED) is 0.476. The van der Waals surface area contributed by atoms with Gasteiger partial charge in [-0.2, -0.15) is 0 Å². The van der Waals surface area contributed by atoms with Gasteiger partial charge in [0.15, 0.2) is 0 Å². The Morgan fingerprint density at radius 1 is 1.09 bits per heavy atom. The molecule has 2 aromatic carbocycles. The van der Waals surface area contributed by atoms with E-state index in [1.54, 1.807) is 48.5 Å². The Hall–Kier alpha value is -3.82. The molecule has 1 saturated heterocycles. The van der Waals surface area contributed by atoms with Crippen molar-refractivity contribution >= 4 is 58.1 Å². The molecule has 0 unspecified atom stereocenters. The van der Waals surface area contributed by atoms with Crippen molar-refractivity contribution in [1.29, 1.82) is 0 Å². The number of amides is 3. The lowest BCUT2D eigenvalue weighted by atomic mass is 10.1. The van der Waals surface area contributed by atoms with Crippen molar-refractivity contribution < 1.29 is 28.7 Å². The third kappa shape index (κ3) is 5.00. The molecule has 8 nitrogen and oxygen atoms in total. The Kier molecular flexibility index (Phi) is 6.34. The SMILES string of the molecule is O=C(CN1C(=O)SC(=Cc2ccc(-c3ccc(Cl)c(C(=O)O)c3)o2)C1=O)Nc1ccccc1. The van der Waals surface area contributed by atoms with Crippen LogP contribution in [-0.2, 0) is 9.59 Å². The van der Waals surface area contributed by atoms with E-state index in [9.17, 15) is 24.3 Å². The van der Waals surface area contributed by atoms with Gasteiger partial charge in [-0.15, -0.1) is 0 Å². The summed E-state index contributed by atoms with van der Waals surface area (Å²) in [5, 5.41) is 11.4. The molecule has 2 heterocycles. The number of benzene rings is 2. The van der Waals surface area contributed by atoms with Crippen LogP contribution in [0, 0.1) is 0 Å². The fourth-order valence-corrected chi connectivity index (χ4v) is 4.08. The van der Waals surface area contributed by atoms with Gasteiger partial charge in [-0.1, -0.05) is 29.8 Å². The smallest absolute Gasteiger partial charge is 0.337 e. The fourth-order valence-electron chi connectivity index (χ4n) is 3.06. The van der Waals surface area contributed by atoms with Crippen LogP contribution in [-0.4, -0.2) is 39.6 Å². The largest absolute Gasteiger partial charge is 0.478 e. The second-order valence-corrected chi connectivity index (χ2v) is 8.28. The van der Waals surface area contributed by atoms with Crippen LogP contribution >= 0.6 is 23.4 Å². The van der Waals surface area contributed by atoms with Crippen molar-refractivity contribution in [3.05, 3.63) is 81.9 Å². The van der Waals surface area contributed by atoms with Crippen LogP contribution in [0.1, 0.15) is 16.1 Å². The monoisotopic (exact) mass is 482 g/mol. The number of thioether (sulfide) groups is 1. The van der Waals surface area contributed by atoms with Crippen molar-refractivity contribution in [2.45, 2.75) is 0 Å². The van der Waals surface area contributed by atoms with Gasteiger partial charge < -0.3 is 14.8 Å². The molecule has 1 fully saturated rings. The lowest BCUT2D eigenvalue weighted by Crippen LogP contribution is -2.36. The number of nitrogens with zero attached hydrogens (tertiary/aromatic N) is 1. The van der Waals surface area contributed by atoms with Gasteiger partial charge in [-0.3, -0.25) is 19.3 Å². The number of anilines is 1. The van der Waals surface area contributed by atoms with E-state index >= 15 is 0 Å². The average molecular weight is 483 g/mol. The van der Waals surface area contributed by atoms with E-state index in [0.29, 0.717) is 28.8 Å². The minimum atomic E-state index is -1.17. The third-order valence-electron chi connectivity index (χ3n) is 4.61. The maximum Gasteiger partial charge on any atom is 0.337 e. The Morgan fingerprint density at radius 3 is 2.58 bits per heavy atom. The van der Waals surface area contributed by atoms with Gasteiger partial charge in [0.2, 0.25) is 5.91 Å². The highest BCUT2D eigenvalue weighted by atomic mass is 35.5. The number of rotatable bonds is 6. The highest BCUT2D eigenvalue weighted by Crippen LogP contribution is 2.33. The van der Waals surface area contributed by atoms with Gasteiger partial charge in [0.25, 0.3) is 11.1 Å². The van der Waals surface area contributed by atoms with E-state index in [-0.39, 0.29) is 21.3 Å². The molecule has 0 radical (unpaired) electrons. The van der Waals surface area contributed by atoms with Gasteiger partial charge in [0.1, 0.15) is 18.1 Å². The highest BCUT2D eigenvalue weighted by molar-refractivity contribution is 8.18. The molecule has 3 aromatic rings. The summed E-state index contributed by atoms with van der Waals surface area (Å²) in [6.07, 6.45) is 1.40. The topological polar surface area (TPSA) is 117 Å². The Bertz CT molecular complexity index is 1300. The number of halogens is 1. The molecular formula is C23H15ClN2O6S. The van der Waals surface area contributed by atoms with Crippen molar-refractivity contribution in [3.8, 4) is 11.3 Å². The number of aromatic carboxylic acids is 1. The number of hydrogen-bond donors (Lipinski definition) is 2. The summed E-state index contributed by atoms with van der Waals surface area (Å²) in [4.78, 5) is 49.4. The van der Waals surface area contributed by atoms with Crippen molar-refractivity contribution in [2.24, 2.45) is 0 Å². The fraction of sp³-hybridized carbons (Fsp3) is 0.0435. The summed E-state index contributed by atoms with van der Waals surface area (Å²) < 4.78 is 5.70. The predicted molar refractivity (Wildman–Crippen MR) is 124 cm³/mol. The molecule has 0 spiro atoms. The van der Waals surface area contributed by atoms with Crippen molar-refractivity contribution in [3.63, 3.8) is 0 Å². The molecule has 1 aliphatic heterocycles. The first-order valence-corrected chi connectivity index (χ1v) is 10.7. The van der Waals surface area contributed by atoms with Crippen LogP contribution in [0.5, 0.6) is 0 Å². The second kappa shape index (κ2) is 9.35. The minimum Gasteiger partial charge on any atom is -0.478 e. The van der Waals surface area contributed by atoms with Crippen molar-refractivity contribution in [1.82, 2.24) is 4.90 Å². The van der Waals surface area contributed by atoms with Crippen LogP contribution < -0.4 is 5.32 Å². The normalized spacial score (nSPS) is 14.7. The number of nitrogens with one attached hydrogen (secondary N) is 1. The molecule has 166 valence electrons. The molecule has 2 N–H and O–H groups in total. The molecule has 33 heavy (non-hydrogen) atoms. The standard InChI is InChI=1S/C23H15ClN2O6S/c24-17-8-6-13(10-16(17)22(29)30)18-9-7-15(32-18)11-19-21(28)26(23(31)33-19)12-20(27)25-14-4-2-1-3-5-14/h1-11H,12H2,(H,25,27)(H,29,30). The summed E-state index contributed by atoms with van der Waals surface area (Å²) >= 11 is 6.60. The lowest BCUT2D eigenvalue weighted by molar-refractivity contribution is -0.127. The molecule has 1 aromatic heterocycles. The lowest BCUT2D eigenvalue weighted by Gasteiger charge is -2.12. The molecule has 0 atom stereocenters. The number of imide groups is 1. The number of carboxylic acid groups (broad SMARTS) is 1. The van der Waals surface area contributed by atoms with E-state index in [4.69, 9.17) is 16.0 Å². The summed E-state index contributed by atoms with van der Waals surface area (Å²) in [6, 6.07) is 16.3. The third-order valence-corrected chi connectivity index (χ3v) is 5.85.